The van der Waals surface area contributed by atoms with Crippen LogP contribution in [0.15, 0.2) is 34.9 Å². The molecule has 0 amide bonds. The standard InChI is InChI=1S/C16H21BrN2O/c1-12(2)20-10-4-8-18-11-13-6-7-15(17)14-5-3-9-19-16(13)14/h3,5-7,9,12,18H,4,8,10-11H2,1-2H3. The molecule has 4 heteroatoms. The lowest BCUT2D eigenvalue weighted by molar-refractivity contribution is 0.0770. The summed E-state index contributed by atoms with van der Waals surface area (Å²) in [5, 5.41) is 4.61. The minimum Gasteiger partial charge on any atom is -0.379 e. The SMILES string of the molecule is CC(C)OCCCNCc1ccc(Br)c2cccnc12. The van der Waals surface area contributed by atoms with Crippen LogP contribution in [0.25, 0.3) is 10.9 Å². The number of benzene rings is 1. The van der Waals surface area contributed by atoms with Gasteiger partial charge in [-0.3, -0.25) is 4.98 Å². The number of aromatic nitrogens is 1. The van der Waals surface area contributed by atoms with Gasteiger partial charge in [-0.2, -0.15) is 0 Å². The molecule has 2 rings (SSSR count). The first kappa shape index (κ1) is 15.4. The van der Waals surface area contributed by atoms with Crippen LogP contribution in [0.1, 0.15) is 25.8 Å². The maximum absolute atomic E-state index is 5.52. The van der Waals surface area contributed by atoms with Crippen LogP contribution in [-0.4, -0.2) is 24.2 Å². The summed E-state index contributed by atoms with van der Waals surface area (Å²) < 4.78 is 6.61. The van der Waals surface area contributed by atoms with Crippen molar-refractivity contribution in [3.05, 3.63) is 40.5 Å². The van der Waals surface area contributed by atoms with Gasteiger partial charge in [0.2, 0.25) is 0 Å². The highest BCUT2D eigenvalue weighted by molar-refractivity contribution is 9.10. The van der Waals surface area contributed by atoms with Gasteiger partial charge in [-0.15, -0.1) is 0 Å². The van der Waals surface area contributed by atoms with E-state index in [1.54, 1.807) is 0 Å². The van der Waals surface area contributed by atoms with Crippen LogP contribution in [0.4, 0.5) is 0 Å². The predicted octanol–water partition coefficient (Wildman–Crippen LogP) is 3.90. The molecule has 0 saturated carbocycles. The van der Waals surface area contributed by atoms with Gasteiger partial charge in [0.15, 0.2) is 0 Å². The molecule has 0 atom stereocenters. The van der Waals surface area contributed by atoms with Gasteiger partial charge in [-0.05, 0) is 44.5 Å². The van der Waals surface area contributed by atoms with Gasteiger partial charge < -0.3 is 10.1 Å². The lowest BCUT2D eigenvalue weighted by atomic mass is 10.1. The van der Waals surface area contributed by atoms with Gasteiger partial charge >= 0.3 is 0 Å². The summed E-state index contributed by atoms with van der Waals surface area (Å²) in [4.78, 5) is 4.49. The van der Waals surface area contributed by atoms with Crippen LogP contribution in [-0.2, 0) is 11.3 Å². The Hall–Kier alpha value is -0.970. The quantitative estimate of drug-likeness (QED) is 0.778. The Morgan fingerprint density at radius 2 is 2.15 bits per heavy atom. The fourth-order valence-corrected chi connectivity index (χ4v) is 2.53. The summed E-state index contributed by atoms with van der Waals surface area (Å²) in [5.74, 6) is 0. The molecule has 3 nitrogen and oxygen atoms in total. The van der Waals surface area contributed by atoms with Crippen molar-refractivity contribution in [2.24, 2.45) is 0 Å². The lowest BCUT2D eigenvalue weighted by Crippen LogP contribution is -2.17. The molecule has 0 aliphatic rings. The second-order valence-corrected chi connectivity index (χ2v) is 5.91. The molecule has 0 radical (unpaired) electrons. The van der Waals surface area contributed by atoms with Crippen molar-refractivity contribution >= 4 is 26.8 Å². The minimum atomic E-state index is 0.314. The normalized spacial score (nSPS) is 11.4. The third-order valence-electron chi connectivity index (χ3n) is 3.06. The van der Waals surface area contributed by atoms with Crippen LogP contribution in [0.3, 0.4) is 0 Å². The number of pyridine rings is 1. The fourth-order valence-electron chi connectivity index (χ4n) is 2.08. The average molecular weight is 337 g/mol. The highest BCUT2D eigenvalue weighted by atomic mass is 79.9. The van der Waals surface area contributed by atoms with E-state index in [1.807, 2.05) is 12.3 Å². The second kappa shape index (κ2) is 7.72. The second-order valence-electron chi connectivity index (χ2n) is 5.06. The summed E-state index contributed by atoms with van der Waals surface area (Å²) in [6.07, 6.45) is 3.18. The molecule has 0 bridgehead atoms. The van der Waals surface area contributed by atoms with Crippen molar-refractivity contribution < 1.29 is 4.74 Å². The van der Waals surface area contributed by atoms with E-state index in [0.717, 1.165) is 41.5 Å². The predicted molar refractivity (Wildman–Crippen MR) is 86.9 cm³/mol. The van der Waals surface area contributed by atoms with Crippen molar-refractivity contribution in [1.82, 2.24) is 10.3 Å². The van der Waals surface area contributed by atoms with Crippen LogP contribution < -0.4 is 5.32 Å². The molecule has 1 heterocycles. The highest BCUT2D eigenvalue weighted by Gasteiger charge is 2.04. The molecule has 0 spiro atoms. The molecule has 0 saturated heterocycles. The number of nitrogens with one attached hydrogen (secondary N) is 1. The lowest BCUT2D eigenvalue weighted by Gasteiger charge is -2.10. The first-order chi connectivity index (χ1) is 9.68. The highest BCUT2D eigenvalue weighted by Crippen LogP contribution is 2.24. The first-order valence-electron chi connectivity index (χ1n) is 7.03. The monoisotopic (exact) mass is 336 g/mol. The van der Waals surface area contributed by atoms with Crippen molar-refractivity contribution in [1.29, 1.82) is 0 Å². The van der Waals surface area contributed by atoms with E-state index in [0.29, 0.717) is 6.10 Å². The fraction of sp³-hybridized carbons (Fsp3) is 0.438. The molecular weight excluding hydrogens is 316 g/mol. The molecule has 0 fully saturated rings. The molecule has 1 aromatic heterocycles. The molecular formula is C16H21BrN2O. The van der Waals surface area contributed by atoms with Crippen molar-refractivity contribution in [3.8, 4) is 0 Å². The molecule has 1 N–H and O–H groups in total. The van der Waals surface area contributed by atoms with E-state index in [9.17, 15) is 0 Å². The number of hydrogen-bond acceptors (Lipinski definition) is 3. The van der Waals surface area contributed by atoms with E-state index in [-0.39, 0.29) is 0 Å². The van der Waals surface area contributed by atoms with Gasteiger partial charge in [-0.25, -0.2) is 0 Å². The molecule has 0 aliphatic heterocycles. The third kappa shape index (κ3) is 4.27. The van der Waals surface area contributed by atoms with Crippen LogP contribution in [0, 0.1) is 0 Å². The van der Waals surface area contributed by atoms with Crippen molar-refractivity contribution in [3.63, 3.8) is 0 Å². The number of halogens is 1. The summed E-state index contributed by atoms with van der Waals surface area (Å²) in [7, 11) is 0. The van der Waals surface area contributed by atoms with E-state index >= 15 is 0 Å². The summed E-state index contributed by atoms with van der Waals surface area (Å²) in [5.41, 5.74) is 2.29. The molecule has 108 valence electrons. The van der Waals surface area contributed by atoms with Crippen molar-refractivity contribution in [2.75, 3.05) is 13.2 Å². The molecule has 2 aromatic rings. The topological polar surface area (TPSA) is 34.1 Å². The van der Waals surface area contributed by atoms with E-state index < -0.39 is 0 Å². The van der Waals surface area contributed by atoms with Crippen molar-refractivity contribution in [2.45, 2.75) is 32.9 Å². The zero-order valence-corrected chi connectivity index (χ0v) is 13.6. The maximum Gasteiger partial charge on any atom is 0.0758 e. The molecule has 20 heavy (non-hydrogen) atoms. The zero-order valence-electron chi connectivity index (χ0n) is 12.0. The summed E-state index contributed by atoms with van der Waals surface area (Å²) in [6.45, 7) is 6.73. The van der Waals surface area contributed by atoms with E-state index in [1.165, 1.54) is 5.56 Å². The van der Waals surface area contributed by atoms with E-state index in [2.05, 4.69) is 58.3 Å². The Labute approximate surface area is 128 Å². The van der Waals surface area contributed by atoms with Gasteiger partial charge in [0, 0.05) is 29.2 Å². The third-order valence-corrected chi connectivity index (χ3v) is 3.76. The van der Waals surface area contributed by atoms with Crippen LogP contribution in [0.2, 0.25) is 0 Å². The maximum atomic E-state index is 5.52. The Balaban J connectivity index is 1.89. The Kier molecular flexibility index (Phi) is 5.95. The molecule has 1 aromatic carbocycles. The van der Waals surface area contributed by atoms with Crippen LogP contribution in [0.5, 0.6) is 0 Å². The average Bonchev–Trinajstić information content (AvgIpc) is 2.45. The number of hydrogen-bond donors (Lipinski definition) is 1. The minimum absolute atomic E-state index is 0.314. The van der Waals surface area contributed by atoms with Gasteiger partial charge in [0.25, 0.3) is 0 Å². The summed E-state index contributed by atoms with van der Waals surface area (Å²) in [6, 6.07) is 8.26. The van der Waals surface area contributed by atoms with Gasteiger partial charge in [-0.1, -0.05) is 28.1 Å². The number of ether oxygens (including phenoxy) is 1. The number of rotatable bonds is 7. The smallest absolute Gasteiger partial charge is 0.0758 e. The Morgan fingerprint density at radius 3 is 2.95 bits per heavy atom. The number of fused-ring (bicyclic) bond motifs is 1. The Bertz CT molecular complexity index is 557. The largest absolute Gasteiger partial charge is 0.379 e. The van der Waals surface area contributed by atoms with Crippen LogP contribution >= 0.6 is 15.9 Å². The zero-order chi connectivity index (χ0) is 14.4. The first-order valence-corrected chi connectivity index (χ1v) is 7.82. The van der Waals surface area contributed by atoms with Gasteiger partial charge in [0.1, 0.15) is 0 Å². The molecule has 0 aliphatic carbocycles. The van der Waals surface area contributed by atoms with E-state index in [4.69, 9.17) is 4.74 Å². The van der Waals surface area contributed by atoms with Gasteiger partial charge in [0.05, 0.1) is 11.6 Å². The molecule has 0 unspecified atom stereocenters. The Morgan fingerprint density at radius 1 is 1.30 bits per heavy atom. The number of nitrogens with zero attached hydrogens (tertiary/aromatic N) is 1. The summed E-state index contributed by atoms with van der Waals surface area (Å²) >= 11 is 3.57.